The van der Waals surface area contributed by atoms with Crippen molar-refractivity contribution in [3.05, 3.63) is 24.0 Å². The summed E-state index contributed by atoms with van der Waals surface area (Å²) in [6, 6.07) is 0. The fraction of sp³-hybridized carbons (Fsp3) is 0.692. The summed E-state index contributed by atoms with van der Waals surface area (Å²) in [5, 5.41) is 0. The molecule has 0 aromatic heterocycles. The van der Waals surface area contributed by atoms with E-state index in [1.165, 1.54) is 38.5 Å². The lowest BCUT2D eigenvalue weighted by Crippen LogP contribution is -2.04. The van der Waals surface area contributed by atoms with Crippen LogP contribution in [-0.2, 0) is 4.74 Å². The molecule has 0 saturated heterocycles. The molecule has 1 saturated carbocycles. The summed E-state index contributed by atoms with van der Waals surface area (Å²) in [5.41, 5.74) is 0. The van der Waals surface area contributed by atoms with Gasteiger partial charge in [0.1, 0.15) is 5.76 Å². The summed E-state index contributed by atoms with van der Waals surface area (Å²) in [4.78, 5) is 0. The van der Waals surface area contributed by atoms with Crippen LogP contribution in [0.1, 0.15) is 45.4 Å². The first-order valence-electron chi connectivity index (χ1n) is 5.73. The molecule has 0 unspecified atom stereocenters. The van der Waals surface area contributed by atoms with Gasteiger partial charge in [0.05, 0.1) is 7.11 Å². The third-order valence-corrected chi connectivity index (χ3v) is 3.00. The van der Waals surface area contributed by atoms with Gasteiger partial charge in [0.15, 0.2) is 0 Å². The topological polar surface area (TPSA) is 9.23 Å². The molecule has 0 amide bonds. The van der Waals surface area contributed by atoms with E-state index in [1.807, 2.05) is 13.0 Å². The van der Waals surface area contributed by atoms with Gasteiger partial charge in [0.25, 0.3) is 0 Å². The molecule has 0 aromatic rings. The van der Waals surface area contributed by atoms with E-state index in [2.05, 4.69) is 12.2 Å². The van der Waals surface area contributed by atoms with Crippen LogP contribution < -0.4 is 0 Å². The second-order valence-corrected chi connectivity index (χ2v) is 4.04. The van der Waals surface area contributed by atoms with Gasteiger partial charge in [-0.3, -0.25) is 0 Å². The van der Waals surface area contributed by atoms with Crippen molar-refractivity contribution in [2.24, 2.45) is 5.92 Å². The Kier molecular flexibility index (Phi) is 5.43. The normalized spacial score (nSPS) is 20.3. The van der Waals surface area contributed by atoms with E-state index in [9.17, 15) is 0 Å². The lowest BCUT2D eigenvalue weighted by molar-refractivity contribution is 0.305. The van der Waals surface area contributed by atoms with Crippen molar-refractivity contribution < 1.29 is 4.74 Å². The zero-order valence-corrected chi connectivity index (χ0v) is 9.46. The molecule has 1 aliphatic rings. The molecule has 0 N–H and O–H groups in total. The molecule has 1 rings (SSSR count). The SMILES string of the molecule is CC=C(C=CCC1CCCCC1)OC. The summed E-state index contributed by atoms with van der Waals surface area (Å²) >= 11 is 0. The number of hydrogen-bond acceptors (Lipinski definition) is 1. The molecular weight excluding hydrogens is 172 g/mol. The highest BCUT2D eigenvalue weighted by molar-refractivity contribution is 5.10. The molecule has 0 aliphatic heterocycles. The van der Waals surface area contributed by atoms with Gasteiger partial charge in [-0.1, -0.05) is 38.2 Å². The Bertz CT molecular complexity index is 197. The Hall–Kier alpha value is -0.720. The van der Waals surface area contributed by atoms with E-state index in [-0.39, 0.29) is 0 Å². The van der Waals surface area contributed by atoms with Crippen molar-refractivity contribution in [2.45, 2.75) is 45.4 Å². The highest BCUT2D eigenvalue weighted by Gasteiger charge is 2.11. The molecule has 1 nitrogen and oxygen atoms in total. The third-order valence-electron chi connectivity index (χ3n) is 3.00. The van der Waals surface area contributed by atoms with Crippen LogP contribution >= 0.6 is 0 Å². The van der Waals surface area contributed by atoms with E-state index in [1.54, 1.807) is 7.11 Å². The highest BCUT2D eigenvalue weighted by atomic mass is 16.5. The van der Waals surface area contributed by atoms with Crippen LogP contribution in [0.15, 0.2) is 24.0 Å². The second kappa shape index (κ2) is 6.69. The Labute approximate surface area is 87.8 Å². The third kappa shape index (κ3) is 3.99. The Morgan fingerprint density at radius 1 is 1.29 bits per heavy atom. The number of allylic oxidation sites excluding steroid dienone is 3. The Morgan fingerprint density at radius 2 is 2.00 bits per heavy atom. The minimum atomic E-state index is 0.926. The zero-order chi connectivity index (χ0) is 10.2. The molecule has 1 aliphatic carbocycles. The van der Waals surface area contributed by atoms with Crippen LogP contribution in [0.2, 0.25) is 0 Å². The predicted molar refractivity (Wildman–Crippen MR) is 61.1 cm³/mol. The molecule has 0 spiro atoms. The maximum absolute atomic E-state index is 5.16. The van der Waals surface area contributed by atoms with Crippen LogP contribution in [0.25, 0.3) is 0 Å². The van der Waals surface area contributed by atoms with Crippen LogP contribution in [0.5, 0.6) is 0 Å². The fourth-order valence-corrected chi connectivity index (χ4v) is 2.08. The predicted octanol–water partition coefficient (Wildman–Crippen LogP) is 4.06. The van der Waals surface area contributed by atoms with E-state index in [4.69, 9.17) is 4.74 Å². The van der Waals surface area contributed by atoms with Crippen molar-refractivity contribution in [1.82, 2.24) is 0 Å². The average Bonchev–Trinajstić information content (AvgIpc) is 2.26. The van der Waals surface area contributed by atoms with Gasteiger partial charge in [-0.25, -0.2) is 0 Å². The van der Waals surface area contributed by atoms with Crippen molar-refractivity contribution in [1.29, 1.82) is 0 Å². The van der Waals surface area contributed by atoms with E-state index >= 15 is 0 Å². The lowest BCUT2D eigenvalue weighted by atomic mass is 9.87. The molecule has 0 radical (unpaired) electrons. The quantitative estimate of drug-likeness (QED) is 0.484. The van der Waals surface area contributed by atoms with Gasteiger partial charge in [0.2, 0.25) is 0 Å². The maximum Gasteiger partial charge on any atom is 0.114 e. The summed E-state index contributed by atoms with van der Waals surface area (Å²) in [6.45, 7) is 2.00. The second-order valence-electron chi connectivity index (χ2n) is 4.04. The van der Waals surface area contributed by atoms with E-state index in [0.29, 0.717) is 0 Å². The first-order valence-corrected chi connectivity index (χ1v) is 5.73. The molecular formula is C13H22O. The molecule has 1 heteroatoms. The number of hydrogen-bond donors (Lipinski definition) is 0. The molecule has 0 atom stereocenters. The van der Waals surface area contributed by atoms with Gasteiger partial charge < -0.3 is 4.74 Å². The fourth-order valence-electron chi connectivity index (χ4n) is 2.08. The van der Waals surface area contributed by atoms with Gasteiger partial charge in [-0.2, -0.15) is 0 Å². The first-order chi connectivity index (χ1) is 6.86. The number of ether oxygens (including phenoxy) is 1. The van der Waals surface area contributed by atoms with Crippen molar-refractivity contribution in [3.8, 4) is 0 Å². The van der Waals surface area contributed by atoms with Crippen LogP contribution in [0, 0.1) is 5.92 Å². The Balaban J connectivity index is 2.24. The van der Waals surface area contributed by atoms with Crippen molar-refractivity contribution in [3.63, 3.8) is 0 Å². The highest BCUT2D eigenvalue weighted by Crippen LogP contribution is 2.26. The van der Waals surface area contributed by atoms with Crippen LogP contribution in [-0.4, -0.2) is 7.11 Å². The largest absolute Gasteiger partial charge is 0.497 e. The zero-order valence-electron chi connectivity index (χ0n) is 9.46. The lowest BCUT2D eigenvalue weighted by Gasteiger charge is -2.19. The first kappa shape index (κ1) is 11.4. The van der Waals surface area contributed by atoms with Gasteiger partial charge in [-0.05, 0) is 31.4 Å². The molecule has 80 valence electrons. The molecule has 0 heterocycles. The standard InChI is InChI=1S/C13H22O/c1-3-13(14-2)11-7-10-12-8-5-4-6-9-12/h3,7,11-12H,4-6,8-10H2,1-2H3. The molecule has 1 fully saturated rings. The molecule has 14 heavy (non-hydrogen) atoms. The number of methoxy groups -OCH3 is 1. The van der Waals surface area contributed by atoms with E-state index in [0.717, 1.165) is 11.7 Å². The van der Waals surface area contributed by atoms with Crippen molar-refractivity contribution >= 4 is 0 Å². The summed E-state index contributed by atoms with van der Waals surface area (Å²) in [5.74, 6) is 1.90. The smallest absolute Gasteiger partial charge is 0.114 e. The summed E-state index contributed by atoms with van der Waals surface area (Å²) in [7, 11) is 1.72. The van der Waals surface area contributed by atoms with Gasteiger partial charge >= 0.3 is 0 Å². The minimum absolute atomic E-state index is 0.926. The van der Waals surface area contributed by atoms with Gasteiger partial charge in [-0.15, -0.1) is 0 Å². The van der Waals surface area contributed by atoms with Crippen LogP contribution in [0.4, 0.5) is 0 Å². The summed E-state index contributed by atoms with van der Waals surface area (Å²) < 4.78 is 5.16. The Morgan fingerprint density at radius 3 is 2.57 bits per heavy atom. The van der Waals surface area contributed by atoms with Crippen LogP contribution in [0.3, 0.4) is 0 Å². The van der Waals surface area contributed by atoms with Crippen molar-refractivity contribution in [2.75, 3.05) is 7.11 Å². The van der Waals surface area contributed by atoms with Gasteiger partial charge in [0, 0.05) is 0 Å². The average molecular weight is 194 g/mol. The minimum Gasteiger partial charge on any atom is -0.497 e. The maximum atomic E-state index is 5.16. The monoisotopic (exact) mass is 194 g/mol. The number of rotatable bonds is 4. The molecule has 0 bridgehead atoms. The van der Waals surface area contributed by atoms with E-state index < -0.39 is 0 Å². The summed E-state index contributed by atoms with van der Waals surface area (Å²) in [6.07, 6.45) is 14.7. The molecule has 0 aromatic carbocycles.